The summed E-state index contributed by atoms with van der Waals surface area (Å²) >= 11 is 0. The molecule has 0 unspecified atom stereocenters. The molecule has 1 heterocycles. The second kappa shape index (κ2) is 3.18. The minimum absolute atomic E-state index is 0.559. The van der Waals surface area contributed by atoms with Crippen molar-refractivity contribution in [1.29, 1.82) is 0 Å². The minimum atomic E-state index is 0.559. The molecule has 0 radical (unpaired) electrons. The maximum absolute atomic E-state index is 9.96. The zero-order chi connectivity index (χ0) is 8.27. The van der Waals surface area contributed by atoms with Crippen molar-refractivity contribution in [3.8, 4) is 0 Å². The molecule has 0 saturated carbocycles. The standard InChI is InChI=1S/C7H11N3O/c1-6-7(3-8-5-11)4-9-10(6)2/h4-5H,3H2,1-2H3,(H,8,11). The van der Waals surface area contributed by atoms with Gasteiger partial charge in [-0.05, 0) is 6.92 Å². The summed E-state index contributed by atoms with van der Waals surface area (Å²) in [5, 5.41) is 6.61. The molecule has 0 aliphatic carbocycles. The van der Waals surface area contributed by atoms with Crippen molar-refractivity contribution in [2.45, 2.75) is 13.5 Å². The van der Waals surface area contributed by atoms with E-state index in [1.807, 2.05) is 14.0 Å². The first-order chi connectivity index (χ1) is 5.25. The number of hydrogen-bond donors (Lipinski definition) is 1. The highest BCUT2D eigenvalue weighted by atomic mass is 16.1. The van der Waals surface area contributed by atoms with Crippen molar-refractivity contribution in [1.82, 2.24) is 15.1 Å². The third kappa shape index (κ3) is 1.58. The van der Waals surface area contributed by atoms with E-state index in [0.29, 0.717) is 13.0 Å². The fourth-order valence-electron chi connectivity index (χ4n) is 0.869. The van der Waals surface area contributed by atoms with E-state index in [0.717, 1.165) is 11.3 Å². The first-order valence-electron chi connectivity index (χ1n) is 3.40. The number of nitrogens with zero attached hydrogens (tertiary/aromatic N) is 2. The van der Waals surface area contributed by atoms with Gasteiger partial charge in [-0.15, -0.1) is 0 Å². The highest BCUT2D eigenvalue weighted by molar-refractivity contribution is 5.46. The van der Waals surface area contributed by atoms with Gasteiger partial charge in [-0.3, -0.25) is 9.48 Å². The van der Waals surface area contributed by atoms with Gasteiger partial charge in [0.2, 0.25) is 6.41 Å². The van der Waals surface area contributed by atoms with Crippen LogP contribution in [0.25, 0.3) is 0 Å². The fourth-order valence-corrected chi connectivity index (χ4v) is 0.869. The second-order valence-electron chi connectivity index (χ2n) is 2.38. The Morgan fingerprint density at radius 2 is 2.55 bits per heavy atom. The van der Waals surface area contributed by atoms with Crippen LogP contribution >= 0.6 is 0 Å². The number of aromatic nitrogens is 2. The van der Waals surface area contributed by atoms with E-state index in [4.69, 9.17) is 0 Å². The molecule has 4 heteroatoms. The normalized spacial score (nSPS) is 9.64. The van der Waals surface area contributed by atoms with E-state index in [1.165, 1.54) is 0 Å². The van der Waals surface area contributed by atoms with E-state index in [9.17, 15) is 4.79 Å². The first kappa shape index (κ1) is 7.78. The van der Waals surface area contributed by atoms with Crippen molar-refractivity contribution in [3.63, 3.8) is 0 Å². The zero-order valence-corrected chi connectivity index (χ0v) is 6.66. The van der Waals surface area contributed by atoms with Crippen molar-refractivity contribution < 1.29 is 4.79 Å². The van der Waals surface area contributed by atoms with Gasteiger partial charge in [-0.25, -0.2) is 0 Å². The van der Waals surface area contributed by atoms with Crippen LogP contribution in [-0.2, 0) is 18.4 Å². The number of rotatable bonds is 3. The van der Waals surface area contributed by atoms with Crippen LogP contribution in [0.1, 0.15) is 11.3 Å². The first-order valence-corrected chi connectivity index (χ1v) is 3.40. The van der Waals surface area contributed by atoms with Gasteiger partial charge < -0.3 is 5.32 Å². The lowest BCUT2D eigenvalue weighted by molar-refractivity contribution is -0.109. The second-order valence-corrected chi connectivity index (χ2v) is 2.38. The Morgan fingerprint density at radius 1 is 1.82 bits per heavy atom. The van der Waals surface area contributed by atoms with Crippen LogP contribution in [0.15, 0.2) is 6.20 Å². The number of hydrogen-bond acceptors (Lipinski definition) is 2. The maximum atomic E-state index is 9.96. The molecule has 0 aliphatic heterocycles. The average molecular weight is 153 g/mol. The molecule has 1 N–H and O–H groups in total. The van der Waals surface area contributed by atoms with Gasteiger partial charge in [0.15, 0.2) is 0 Å². The largest absolute Gasteiger partial charge is 0.354 e. The zero-order valence-electron chi connectivity index (χ0n) is 6.66. The van der Waals surface area contributed by atoms with Crippen LogP contribution in [0.4, 0.5) is 0 Å². The summed E-state index contributed by atoms with van der Waals surface area (Å²) in [6.45, 7) is 2.53. The number of carbonyl (C=O) groups excluding carboxylic acids is 1. The Bertz CT molecular complexity index is 254. The Balaban J connectivity index is 2.70. The molecule has 1 rings (SSSR count). The summed E-state index contributed by atoms with van der Waals surface area (Å²) in [5.74, 6) is 0. The van der Waals surface area contributed by atoms with Gasteiger partial charge in [-0.2, -0.15) is 5.10 Å². The Morgan fingerprint density at radius 3 is 3.00 bits per heavy atom. The minimum Gasteiger partial charge on any atom is -0.354 e. The van der Waals surface area contributed by atoms with Gasteiger partial charge in [0, 0.05) is 24.8 Å². The van der Waals surface area contributed by atoms with Crippen molar-refractivity contribution >= 4 is 6.41 Å². The molecule has 1 aromatic heterocycles. The van der Waals surface area contributed by atoms with Crippen molar-refractivity contribution in [2.75, 3.05) is 0 Å². The summed E-state index contributed by atoms with van der Waals surface area (Å²) in [4.78, 5) is 9.96. The van der Waals surface area contributed by atoms with Crippen LogP contribution in [0, 0.1) is 6.92 Å². The lowest BCUT2D eigenvalue weighted by Gasteiger charge is -1.97. The molecule has 4 nitrogen and oxygen atoms in total. The lowest BCUT2D eigenvalue weighted by Crippen LogP contribution is -2.10. The Labute approximate surface area is 65.2 Å². The van der Waals surface area contributed by atoms with Gasteiger partial charge in [-0.1, -0.05) is 0 Å². The van der Waals surface area contributed by atoms with Crippen LogP contribution in [0.5, 0.6) is 0 Å². The Hall–Kier alpha value is -1.32. The summed E-state index contributed by atoms with van der Waals surface area (Å²) in [6, 6.07) is 0. The van der Waals surface area contributed by atoms with Gasteiger partial charge in [0.1, 0.15) is 0 Å². The topological polar surface area (TPSA) is 46.9 Å². The molecule has 1 aromatic rings. The molecule has 0 spiro atoms. The van der Waals surface area contributed by atoms with E-state index in [1.54, 1.807) is 10.9 Å². The number of amides is 1. The predicted octanol–water partition coefficient (Wildman–Crippen LogP) is -0.0255. The fraction of sp³-hybridized carbons (Fsp3) is 0.429. The van der Waals surface area contributed by atoms with E-state index in [-0.39, 0.29) is 0 Å². The summed E-state index contributed by atoms with van der Waals surface area (Å²) in [6.07, 6.45) is 2.44. The SMILES string of the molecule is Cc1c(CNC=O)cnn1C. The molecule has 0 aromatic carbocycles. The highest BCUT2D eigenvalue weighted by Crippen LogP contribution is 2.03. The van der Waals surface area contributed by atoms with Crippen LogP contribution in [0.3, 0.4) is 0 Å². The number of aryl methyl sites for hydroxylation is 1. The van der Waals surface area contributed by atoms with Crippen LogP contribution in [0.2, 0.25) is 0 Å². The summed E-state index contributed by atoms with van der Waals surface area (Å²) in [5.41, 5.74) is 2.14. The summed E-state index contributed by atoms with van der Waals surface area (Å²) in [7, 11) is 1.87. The number of nitrogens with one attached hydrogen (secondary N) is 1. The molecule has 0 fully saturated rings. The molecule has 60 valence electrons. The molecule has 0 saturated heterocycles. The molecule has 0 atom stereocenters. The highest BCUT2D eigenvalue weighted by Gasteiger charge is 2.00. The van der Waals surface area contributed by atoms with E-state index in [2.05, 4.69) is 10.4 Å². The monoisotopic (exact) mass is 153 g/mol. The van der Waals surface area contributed by atoms with E-state index >= 15 is 0 Å². The summed E-state index contributed by atoms with van der Waals surface area (Å²) < 4.78 is 1.78. The molecule has 0 bridgehead atoms. The Kier molecular flexibility index (Phi) is 2.25. The van der Waals surface area contributed by atoms with Gasteiger partial charge in [0.05, 0.1) is 6.20 Å². The molecular formula is C7H11N3O. The van der Waals surface area contributed by atoms with Gasteiger partial charge in [0.25, 0.3) is 0 Å². The molecule has 11 heavy (non-hydrogen) atoms. The number of carbonyl (C=O) groups is 1. The quantitative estimate of drug-likeness (QED) is 0.620. The van der Waals surface area contributed by atoms with Crippen LogP contribution < -0.4 is 5.32 Å². The van der Waals surface area contributed by atoms with Crippen molar-refractivity contribution in [3.05, 3.63) is 17.5 Å². The van der Waals surface area contributed by atoms with Crippen molar-refractivity contribution in [2.24, 2.45) is 7.05 Å². The third-order valence-electron chi connectivity index (χ3n) is 1.71. The average Bonchev–Trinajstić information content (AvgIpc) is 2.31. The molecular weight excluding hydrogens is 142 g/mol. The van der Waals surface area contributed by atoms with Crippen LogP contribution in [-0.4, -0.2) is 16.2 Å². The predicted molar refractivity (Wildman–Crippen MR) is 40.8 cm³/mol. The smallest absolute Gasteiger partial charge is 0.207 e. The molecule has 0 aliphatic rings. The third-order valence-corrected chi connectivity index (χ3v) is 1.71. The van der Waals surface area contributed by atoms with Gasteiger partial charge >= 0.3 is 0 Å². The molecule has 1 amide bonds. The van der Waals surface area contributed by atoms with E-state index < -0.39 is 0 Å². The maximum Gasteiger partial charge on any atom is 0.207 e. The lowest BCUT2D eigenvalue weighted by atomic mass is 10.3.